The lowest BCUT2D eigenvalue weighted by atomic mass is 9.73. The third kappa shape index (κ3) is 1.57. The zero-order chi connectivity index (χ0) is 9.69. The van der Waals surface area contributed by atoms with Crippen LogP contribution in [0, 0.1) is 5.92 Å². The van der Waals surface area contributed by atoms with Crippen molar-refractivity contribution in [3.05, 3.63) is 0 Å². The van der Waals surface area contributed by atoms with Crippen LogP contribution in [-0.2, 0) is 0 Å². The molecule has 2 nitrogen and oxygen atoms in total. The monoisotopic (exact) mass is 191 g/mol. The van der Waals surface area contributed by atoms with Crippen molar-refractivity contribution in [1.29, 1.82) is 0 Å². The summed E-state index contributed by atoms with van der Waals surface area (Å²) < 4.78 is 25.1. The Labute approximate surface area is 76.1 Å². The lowest BCUT2D eigenvalue weighted by Gasteiger charge is -2.41. The zero-order valence-electron chi connectivity index (χ0n) is 7.47. The average molecular weight is 191 g/mol. The van der Waals surface area contributed by atoms with Crippen LogP contribution in [0.1, 0.15) is 32.1 Å². The van der Waals surface area contributed by atoms with Crippen LogP contribution in [0.5, 0.6) is 0 Å². The van der Waals surface area contributed by atoms with Crippen molar-refractivity contribution in [1.82, 2.24) is 0 Å². The highest BCUT2D eigenvalue weighted by atomic mass is 19.3. The second kappa shape index (κ2) is 2.64. The molecule has 13 heavy (non-hydrogen) atoms. The van der Waals surface area contributed by atoms with Gasteiger partial charge in [0.1, 0.15) is 0 Å². The van der Waals surface area contributed by atoms with E-state index in [4.69, 9.17) is 5.73 Å². The van der Waals surface area contributed by atoms with Gasteiger partial charge < -0.3 is 10.8 Å². The van der Waals surface area contributed by atoms with Gasteiger partial charge in [0.25, 0.3) is 5.92 Å². The first-order chi connectivity index (χ1) is 5.94. The summed E-state index contributed by atoms with van der Waals surface area (Å²) in [6.45, 7) is 0. The predicted molar refractivity (Wildman–Crippen MR) is 44.4 cm³/mol. The summed E-state index contributed by atoms with van der Waals surface area (Å²) in [7, 11) is 0. The van der Waals surface area contributed by atoms with E-state index in [1.54, 1.807) is 0 Å². The first-order valence-electron chi connectivity index (χ1n) is 4.80. The summed E-state index contributed by atoms with van der Waals surface area (Å²) in [5.41, 5.74) is 4.86. The topological polar surface area (TPSA) is 46.2 Å². The van der Waals surface area contributed by atoms with Gasteiger partial charge in [-0.15, -0.1) is 0 Å². The molecule has 3 N–H and O–H groups in total. The summed E-state index contributed by atoms with van der Waals surface area (Å²) in [4.78, 5) is 0. The number of aliphatic hydroxyl groups is 1. The molecule has 0 aromatic rings. The van der Waals surface area contributed by atoms with Crippen molar-refractivity contribution in [2.24, 2.45) is 11.7 Å². The number of rotatable bonds is 3. The van der Waals surface area contributed by atoms with Gasteiger partial charge in [0.2, 0.25) is 0 Å². The van der Waals surface area contributed by atoms with Crippen molar-refractivity contribution < 1.29 is 13.9 Å². The van der Waals surface area contributed by atoms with Crippen molar-refractivity contribution in [3.8, 4) is 0 Å². The number of hydrogen-bond acceptors (Lipinski definition) is 2. The smallest absolute Gasteiger partial charge is 0.251 e. The molecule has 0 aromatic heterocycles. The predicted octanol–water partition coefficient (Wildman–Crippen LogP) is 1.27. The fourth-order valence-electron chi connectivity index (χ4n) is 1.96. The molecule has 0 aliphatic heterocycles. The molecule has 76 valence electrons. The van der Waals surface area contributed by atoms with Crippen LogP contribution in [0.2, 0.25) is 0 Å². The van der Waals surface area contributed by atoms with Gasteiger partial charge in [-0.2, -0.15) is 0 Å². The van der Waals surface area contributed by atoms with E-state index < -0.39 is 23.5 Å². The molecule has 4 heteroatoms. The second-order valence-corrected chi connectivity index (χ2v) is 4.46. The first-order valence-corrected chi connectivity index (χ1v) is 4.80. The molecular weight excluding hydrogens is 176 g/mol. The normalized spacial score (nSPS) is 36.5. The van der Waals surface area contributed by atoms with Crippen LogP contribution in [0.25, 0.3) is 0 Å². The molecule has 2 unspecified atom stereocenters. The van der Waals surface area contributed by atoms with E-state index in [0.29, 0.717) is 12.8 Å². The van der Waals surface area contributed by atoms with Gasteiger partial charge in [-0.25, -0.2) is 8.78 Å². The van der Waals surface area contributed by atoms with E-state index in [1.807, 2.05) is 0 Å². The SMILES string of the molecule is NC(CC1CC1(F)F)C1(O)CCC1. The second-order valence-electron chi connectivity index (χ2n) is 4.46. The van der Waals surface area contributed by atoms with Gasteiger partial charge in [0, 0.05) is 18.4 Å². The number of alkyl halides is 2. The third-order valence-electron chi connectivity index (χ3n) is 3.40. The zero-order valence-corrected chi connectivity index (χ0v) is 7.47. The van der Waals surface area contributed by atoms with Crippen LogP contribution in [0.4, 0.5) is 8.78 Å². The van der Waals surface area contributed by atoms with Gasteiger partial charge in [-0.1, -0.05) is 0 Å². The Hall–Kier alpha value is -0.220. The fourth-order valence-corrected chi connectivity index (χ4v) is 1.96. The van der Waals surface area contributed by atoms with E-state index in [9.17, 15) is 13.9 Å². The number of halogens is 2. The molecule has 0 spiro atoms. The minimum absolute atomic E-state index is 0.0449. The van der Waals surface area contributed by atoms with Crippen molar-refractivity contribution in [2.45, 2.75) is 49.7 Å². The van der Waals surface area contributed by atoms with Gasteiger partial charge >= 0.3 is 0 Å². The molecule has 2 saturated carbocycles. The Bertz CT molecular complexity index is 216. The largest absolute Gasteiger partial charge is 0.388 e. The number of nitrogens with two attached hydrogens (primary N) is 1. The maximum Gasteiger partial charge on any atom is 0.251 e. The highest BCUT2D eigenvalue weighted by Crippen LogP contribution is 2.52. The fraction of sp³-hybridized carbons (Fsp3) is 1.00. The Morgan fingerprint density at radius 1 is 1.46 bits per heavy atom. The lowest BCUT2D eigenvalue weighted by molar-refractivity contribution is -0.0602. The van der Waals surface area contributed by atoms with Crippen LogP contribution < -0.4 is 5.73 Å². The van der Waals surface area contributed by atoms with Crippen molar-refractivity contribution >= 4 is 0 Å². The Kier molecular flexibility index (Phi) is 1.90. The molecule has 2 fully saturated rings. The summed E-state index contributed by atoms with van der Waals surface area (Å²) in [6.07, 6.45) is 2.53. The van der Waals surface area contributed by atoms with E-state index in [1.165, 1.54) is 0 Å². The van der Waals surface area contributed by atoms with Crippen LogP contribution >= 0.6 is 0 Å². The Morgan fingerprint density at radius 2 is 2.00 bits per heavy atom. The quantitative estimate of drug-likeness (QED) is 0.705. The molecule has 2 rings (SSSR count). The van der Waals surface area contributed by atoms with Gasteiger partial charge in [0.15, 0.2) is 0 Å². The van der Waals surface area contributed by atoms with E-state index in [2.05, 4.69) is 0 Å². The average Bonchev–Trinajstić information content (AvgIpc) is 2.53. The molecule has 2 aliphatic carbocycles. The maximum absolute atomic E-state index is 12.5. The van der Waals surface area contributed by atoms with Gasteiger partial charge in [-0.05, 0) is 25.7 Å². The summed E-state index contributed by atoms with van der Waals surface area (Å²) in [5, 5.41) is 9.76. The first kappa shape index (κ1) is 9.34. The van der Waals surface area contributed by atoms with Crippen LogP contribution in [-0.4, -0.2) is 22.7 Å². The number of hydrogen-bond donors (Lipinski definition) is 2. The molecule has 2 atom stereocenters. The van der Waals surface area contributed by atoms with Crippen molar-refractivity contribution in [3.63, 3.8) is 0 Å². The lowest BCUT2D eigenvalue weighted by Crippen LogP contribution is -2.53. The molecule has 0 heterocycles. The Balaban J connectivity index is 1.82. The summed E-state index contributed by atoms with van der Waals surface area (Å²) in [5.74, 6) is -3.08. The van der Waals surface area contributed by atoms with E-state index in [-0.39, 0.29) is 12.8 Å². The molecule has 2 aliphatic rings. The van der Waals surface area contributed by atoms with Crippen LogP contribution in [0.3, 0.4) is 0 Å². The molecule has 0 aromatic carbocycles. The minimum Gasteiger partial charge on any atom is -0.388 e. The van der Waals surface area contributed by atoms with E-state index >= 15 is 0 Å². The van der Waals surface area contributed by atoms with Crippen molar-refractivity contribution in [2.75, 3.05) is 0 Å². The standard InChI is InChI=1S/C9H15F2NO/c10-9(11)5-6(9)4-7(12)8(13)2-1-3-8/h6-7,13H,1-5,12H2. The molecule has 0 amide bonds. The highest BCUT2D eigenvalue weighted by Gasteiger charge is 2.58. The highest BCUT2D eigenvalue weighted by molar-refractivity contribution is 5.03. The minimum atomic E-state index is -2.50. The summed E-state index contributed by atoms with van der Waals surface area (Å²) >= 11 is 0. The summed E-state index contributed by atoms with van der Waals surface area (Å²) in [6, 6.07) is -0.459. The van der Waals surface area contributed by atoms with Gasteiger partial charge in [0.05, 0.1) is 5.60 Å². The van der Waals surface area contributed by atoms with Crippen LogP contribution in [0.15, 0.2) is 0 Å². The molecule has 0 radical (unpaired) electrons. The van der Waals surface area contributed by atoms with E-state index in [0.717, 1.165) is 6.42 Å². The molecule has 0 bridgehead atoms. The maximum atomic E-state index is 12.5. The Morgan fingerprint density at radius 3 is 2.31 bits per heavy atom. The molecule has 0 saturated heterocycles. The third-order valence-corrected chi connectivity index (χ3v) is 3.40. The van der Waals surface area contributed by atoms with Gasteiger partial charge in [-0.3, -0.25) is 0 Å². The molecular formula is C9H15F2NO.